The number of fused-ring (bicyclic) bond motifs is 32. The van der Waals surface area contributed by atoms with E-state index < -0.39 is 0 Å². The Bertz CT molecular complexity index is 7610. The van der Waals surface area contributed by atoms with Crippen molar-refractivity contribution in [1.82, 2.24) is 18.3 Å². The van der Waals surface area contributed by atoms with E-state index in [-0.39, 0.29) is 0 Å². The van der Waals surface area contributed by atoms with Gasteiger partial charge in [-0.15, -0.1) is 0 Å². The molecule has 8 aliphatic heterocycles. The summed E-state index contributed by atoms with van der Waals surface area (Å²) >= 11 is 0. The first-order chi connectivity index (χ1) is 55.3. The smallest absolute Gasteiger partial charge is 0.247 e. The van der Waals surface area contributed by atoms with Gasteiger partial charge in [0.1, 0.15) is 0 Å². The van der Waals surface area contributed by atoms with E-state index in [9.17, 15) is 0 Å². The van der Waals surface area contributed by atoms with Gasteiger partial charge in [0.2, 0.25) is 26.9 Å². The molecule has 8 aliphatic rings. The predicted octanol–water partition coefficient (Wildman–Crippen LogP) is 15.3. The minimum absolute atomic E-state index is 0.329. The number of hydrogen-bond donors (Lipinski definition) is 0. The maximum Gasteiger partial charge on any atom is 0.247 e. The van der Waals surface area contributed by atoms with Gasteiger partial charge in [0.15, 0.2) is 0 Å². The zero-order valence-corrected chi connectivity index (χ0v) is 62.9. The molecule has 8 heteroatoms. The van der Waals surface area contributed by atoms with E-state index in [2.05, 4.69) is 361 Å². The van der Waals surface area contributed by atoms with Gasteiger partial charge in [0, 0.05) is 87.9 Å². The summed E-state index contributed by atoms with van der Waals surface area (Å²) < 4.78 is 10.1. The molecular formula is C104H72B4N4. The van der Waals surface area contributed by atoms with Gasteiger partial charge in [0.05, 0.1) is 22.1 Å². The molecule has 0 fully saturated rings. The van der Waals surface area contributed by atoms with Crippen molar-refractivity contribution < 1.29 is 0 Å². The van der Waals surface area contributed by atoms with E-state index >= 15 is 0 Å². The minimum atomic E-state index is 0.329. The fourth-order valence-electron chi connectivity index (χ4n) is 22.7. The third-order valence-corrected chi connectivity index (χ3v) is 27.1. The van der Waals surface area contributed by atoms with Crippen LogP contribution in [0.5, 0.6) is 0 Å². The Balaban J connectivity index is 0.0000000847. The van der Waals surface area contributed by atoms with Crippen LogP contribution in [-0.2, 0) is 25.7 Å². The molecule has 0 bridgehead atoms. The molecule has 16 aromatic carbocycles. The summed E-state index contributed by atoms with van der Waals surface area (Å²) in [5.41, 5.74) is 51.3. The molecule has 112 heavy (non-hydrogen) atoms. The molecule has 520 valence electrons. The fourth-order valence-corrected chi connectivity index (χ4v) is 22.7. The van der Waals surface area contributed by atoms with Crippen LogP contribution in [0, 0.1) is 27.7 Å². The van der Waals surface area contributed by atoms with Crippen LogP contribution < -0.4 is 65.6 Å². The van der Waals surface area contributed by atoms with Gasteiger partial charge < -0.3 is 18.3 Å². The quantitative estimate of drug-likeness (QED) is 0.135. The first-order valence-corrected chi connectivity index (χ1v) is 40.2. The van der Waals surface area contributed by atoms with Crippen molar-refractivity contribution >= 4 is 180 Å². The Hall–Kier alpha value is -13.0. The first kappa shape index (κ1) is 62.8. The highest BCUT2D eigenvalue weighted by Crippen LogP contribution is 2.41. The van der Waals surface area contributed by atoms with Gasteiger partial charge >= 0.3 is 0 Å². The minimum Gasteiger partial charge on any atom is -0.310 e. The van der Waals surface area contributed by atoms with Crippen molar-refractivity contribution in [3.8, 4) is 22.7 Å². The van der Waals surface area contributed by atoms with Crippen molar-refractivity contribution in [2.45, 2.75) is 53.4 Å². The number of aromatic nitrogens is 4. The van der Waals surface area contributed by atoms with Gasteiger partial charge in [0.25, 0.3) is 0 Å². The highest BCUT2D eigenvalue weighted by Gasteiger charge is 2.44. The fraction of sp³-hybridized carbons (Fsp3) is 0.0769. The van der Waals surface area contributed by atoms with Crippen molar-refractivity contribution in [2.75, 3.05) is 0 Å². The molecule has 0 saturated heterocycles. The zero-order chi connectivity index (χ0) is 73.6. The normalized spacial score (nSPS) is 13.7. The van der Waals surface area contributed by atoms with E-state index in [1.165, 1.54) is 242 Å². The standard InChI is InChI=1S/4C26H18BN/c1-16-7-6-8-17-15-18-13-14-20-19-9-2-4-11-22(19)28-23-12-5-3-10-21(23)27(24(16)17)25(18)26(20)28;1-16-7-6-12-23-24(16)27-21-10-4-2-8-17(21)15-18-13-14-20-19-9-3-5-11-22(19)28(23)26(20)25(18)27;1-16-10-13-24-22(14-16)27-21-8-4-2-6-17(21)15-18-11-12-20-19-7-3-5-9-23(19)28(24)26(20)25(18)27;1-16-10-11-17-15-18-12-13-20-19-6-2-4-8-23(19)28-24-9-5-3-7-21(24)27(22(17)14-16)25(18)26(20)28/h4*2-14H,15H2,1H3. The second-order valence-corrected chi connectivity index (χ2v) is 32.9. The molecule has 0 amide bonds. The summed E-state index contributed by atoms with van der Waals surface area (Å²) in [7, 11) is 0. The molecule has 0 spiro atoms. The highest BCUT2D eigenvalue weighted by molar-refractivity contribution is 7.01. The van der Waals surface area contributed by atoms with Crippen molar-refractivity contribution in [2.24, 2.45) is 0 Å². The van der Waals surface area contributed by atoms with Crippen molar-refractivity contribution in [3.05, 3.63) is 382 Å². The van der Waals surface area contributed by atoms with Gasteiger partial charge in [-0.25, -0.2) is 0 Å². The topological polar surface area (TPSA) is 19.7 Å². The Morgan fingerprint density at radius 1 is 0.196 bits per heavy atom. The van der Waals surface area contributed by atoms with Crippen LogP contribution in [-0.4, -0.2) is 45.1 Å². The summed E-state index contributed by atoms with van der Waals surface area (Å²) in [6.45, 7) is 10.3. The molecule has 0 unspecified atom stereocenters. The molecule has 4 nitrogen and oxygen atoms in total. The summed E-state index contributed by atoms with van der Waals surface area (Å²) in [4.78, 5) is 0. The van der Waals surface area contributed by atoms with Gasteiger partial charge in [-0.1, -0.05) is 311 Å². The van der Waals surface area contributed by atoms with Crippen molar-refractivity contribution in [1.29, 1.82) is 0 Å². The van der Waals surface area contributed by atoms with Gasteiger partial charge in [-0.3, -0.25) is 0 Å². The second-order valence-electron chi connectivity index (χ2n) is 32.9. The number of para-hydroxylation sites is 6. The van der Waals surface area contributed by atoms with Crippen LogP contribution in [0.25, 0.3) is 110 Å². The number of benzene rings is 16. The molecule has 20 aromatic rings. The average Bonchev–Trinajstić information content (AvgIpc) is 1.49. The molecule has 28 rings (SSSR count). The van der Waals surface area contributed by atoms with Gasteiger partial charge in [-0.2, -0.15) is 0 Å². The SMILES string of the molecule is Cc1ccc2c(c1)B1c3ccccc3-n3c4ccccc4c4ccc(c1c43)C2.Cc1ccc2c(c1)B1c3ccccc3Cc3ccc4c5ccccc5n-2c4c31.Cc1cccc2c1B1c3ccccc3-n3c4ccccc4c4ccc(c1c43)C2.Cc1cccc2c1B1c3ccccc3Cc3ccc4c5ccccc5n-2c4c31. The van der Waals surface area contributed by atoms with Crippen LogP contribution in [0.1, 0.15) is 66.8 Å². The Kier molecular flexibility index (Phi) is 13.1. The highest BCUT2D eigenvalue weighted by atomic mass is 15.0. The number of aryl methyl sites for hydroxylation is 4. The lowest BCUT2D eigenvalue weighted by Gasteiger charge is -2.34. The Labute approximate surface area is 651 Å². The monoisotopic (exact) mass is 1420 g/mol. The molecule has 0 N–H and O–H groups in total. The lowest BCUT2D eigenvalue weighted by molar-refractivity contribution is 1.16. The molecule has 0 atom stereocenters. The third-order valence-electron chi connectivity index (χ3n) is 27.1. The summed E-state index contributed by atoms with van der Waals surface area (Å²) in [5.74, 6) is 0. The Morgan fingerprint density at radius 2 is 0.500 bits per heavy atom. The van der Waals surface area contributed by atoms with E-state index in [1.807, 2.05) is 0 Å². The predicted molar refractivity (Wildman–Crippen MR) is 478 cm³/mol. The maximum atomic E-state index is 2.52. The van der Waals surface area contributed by atoms with E-state index in [0.717, 1.165) is 25.7 Å². The summed E-state index contributed by atoms with van der Waals surface area (Å²) in [5, 5.41) is 10.9. The van der Waals surface area contributed by atoms with Crippen LogP contribution >= 0.6 is 0 Å². The second kappa shape index (κ2) is 23.3. The number of hydrogen-bond acceptors (Lipinski definition) is 0. The Morgan fingerprint density at radius 3 is 1.00 bits per heavy atom. The third kappa shape index (κ3) is 8.46. The lowest BCUT2D eigenvalue weighted by Crippen LogP contribution is -2.60. The molecule has 0 saturated carbocycles. The maximum absolute atomic E-state index is 2.52. The first-order valence-electron chi connectivity index (χ1n) is 40.2. The molecule has 12 heterocycles. The largest absolute Gasteiger partial charge is 0.310 e. The summed E-state index contributed by atoms with van der Waals surface area (Å²) in [6, 6.07) is 118. The van der Waals surface area contributed by atoms with Crippen LogP contribution in [0.3, 0.4) is 0 Å². The average molecular weight is 1420 g/mol. The van der Waals surface area contributed by atoms with E-state index in [1.54, 1.807) is 0 Å². The lowest BCUT2D eigenvalue weighted by atomic mass is 9.32. The zero-order valence-electron chi connectivity index (χ0n) is 62.9. The van der Waals surface area contributed by atoms with Crippen LogP contribution in [0.2, 0.25) is 0 Å². The van der Waals surface area contributed by atoms with E-state index in [4.69, 9.17) is 0 Å². The van der Waals surface area contributed by atoms with E-state index in [0.29, 0.717) is 26.9 Å². The van der Waals surface area contributed by atoms with Crippen LogP contribution in [0.15, 0.2) is 315 Å². The number of nitrogens with zero attached hydrogens (tertiary/aromatic N) is 4. The summed E-state index contributed by atoms with van der Waals surface area (Å²) in [6.07, 6.45) is 4.12. The van der Waals surface area contributed by atoms with Crippen molar-refractivity contribution in [3.63, 3.8) is 0 Å². The number of rotatable bonds is 0. The van der Waals surface area contributed by atoms with Crippen LogP contribution in [0.4, 0.5) is 0 Å². The molecule has 4 aromatic heterocycles. The molecule has 0 radical (unpaired) electrons. The van der Waals surface area contributed by atoms with Gasteiger partial charge in [-0.05, 0) is 190 Å². The molecular weight excluding hydrogens is 1350 g/mol. The molecule has 0 aliphatic carbocycles.